The number of carbonyl (C=O) groups is 2. The van der Waals surface area contributed by atoms with Crippen molar-refractivity contribution >= 4 is 23.6 Å². The fourth-order valence-corrected chi connectivity index (χ4v) is 3.30. The molecule has 1 amide bonds. The average Bonchev–Trinajstić information content (AvgIpc) is 2.67. The van der Waals surface area contributed by atoms with Crippen LogP contribution in [0.4, 0.5) is 0 Å². The Morgan fingerprint density at radius 2 is 1.85 bits per heavy atom. The number of hydrogen-bond acceptors (Lipinski definition) is 5. The molecule has 2 aromatic rings. The number of nitrogens with one attached hydrogen (secondary N) is 1. The molecule has 0 saturated heterocycles. The molecule has 2 rings (SSSR count). The van der Waals surface area contributed by atoms with Gasteiger partial charge in [-0.1, -0.05) is 24.3 Å². The predicted octanol–water partition coefficient (Wildman–Crippen LogP) is 3.65. The summed E-state index contributed by atoms with van der Waals surface area (Å²) in [6.45, 7) is 4.18. The van der Waals surface area contributed by atoms with E-state index in [1.54, 1.807) is 18.9 Å². The minimum Gasteiger partial charge on any atom is -0.496 e. The highest BCUT2D eigenvalue weighted by Gasteiger charge is 2.09. The third kappa shape index (κ3) is 6.98. The minimum absolute atomic E-state index is 0.261. The van der Waals surface area contributed by atoms with Crippen LogP contribution >= 0.6 is 11.8 Å². The first-order valence-electron chi connectivity index (χ1n) is 8.74. The number of aryl methyl sites for hydroxylation is 2. The summed E-state index contributed by atoms with van der Waals surface area (Å²) in [4.78, 5) is 24.8. The molecule has 0 fully saturated rings. The zero-order chi connectivity index (χ0) is 19.6. The third-order valence-corrected chi connectivity index (χ3v) is 5.08. The number of amides is 1. The summed E-state index contributed by atoms with van der Waals surface area (Å²) in [6.07, 6.45) is 0.261. The van der Waals surface area contributed by atoms with Gasteiger partial charge in [0.25, 0.3) is 5.91 Å². The second kappa shape index (κ2) is 10.6. The molecular formula is C21H25NO4S. The van der Waals surface area contributed by atoms with E-state index in [1.807, 2.05) is 30.3 Å². The molecule has 0 aliphatic rings. The van der Waals surface area contributed by atoms with E-state index in [1.165, 1.54) is 11.1 Å². The molecule has 0 heterocycles. The number of esters is 1. The molecule has 5 nitrogen and oxygen atoms in total. The standard InChI is InChI=1S/C21H25NO4S/c1-15-8-9-18(12-16(15)2)27-11-10-21(24)26-14-20(23)22-13-17-6-4-5-7-19(17)25-3/h4-9,12H,10-11,13-14H2,1-3H3,(H,22,23). The van der Waals surface area contributed by atoms with Gasteiger partial charge in [-0.25, -0.2) is 0 Å². The second-order valence-electron chi connectivity index (χ2n) is 6.09. The molecular weight excluding hydrogens is 362 g/mol. The Kier molecular flexibility index (Phi) is 8.20. The Bertz CT molecular complexity index is 792. The Hall–Kier alpha value is -2.47. The number of thioether (sulfide) groups is 1. The Labute approximate surface area is 164 Å². The molecule has 0 aromatic heterocycles. The number of para-hydroxylation sites is 1. The number of ether oxygens (including phenoxy) is 2. The number of hydrogen-bond donors (Lipinski definition) is 1. The lowest BCUT2D eigenvalue weighted by atomic mass is 10.1. The SMILES string of the molecule is COc1ccccc1CNC(=O)COC(=O)CCSc1ccc(C)c(C)c1. The van der Waals surface area contributed by atoms with E-state index in [0.29, 0.717) is 18.0 Å². The van der Waals surface area contributed by atoms with Crippen LogP contribution in [-0.4, -0.2) is 31.3 Å². The van der Waals surface area contributed by atoms with Crippen LogP contribution in [0, 0.1) is 13.8 Å². The number of benzene rings is 2. The first kappa shape index (κ1) is 20.8. The van der Waals surface area contributed by atoms with Crippen molar-refractivity contribution in [1.29, 1.82) is 0 Å². The van der Waals surface area contributed by atoms with Gasteiger partial charge in [0.2, 0.25) is 0 Å². The first-order valence-corrected chi connectivity index (χ1v) is 9.72. The molecule has 0 spiro atoms. The summed E-state index contributed by atoms with van der Waals surface area (Å²) >= 11 is 1.60. The van der Waals surface area contributed by atoms with Crippen LogP contribution in [-0.2, 0) is 20.9 Å². The molecule has 0 bridgehead atoms. The van der Waals surface area contributed by atoms with Crippen molar-refractivity contribution in [1.82, 2.24) is 5.32 Å². The van der Waals surface area contributed by atoms with Crippen LogP contribution in [0.2, 0.25) is 0 Å². The van der Waals surface area contributed by atoms with Crippen LogP contribution in [0.25, 0.3) is 0 Å². The lowest BCUT2D eigenvalue weighted by Crippen LogP contribution is -2.28. The lowest BCUT2D eigenvalue weighted by molar-refractivity contribution is -0.148. The molecule has 0 aliphatic heterocycles. The van der Waals surface area contributed by atoms with Crippen LogP contribution in [0.3, 0.4) is 0 Å². The van der Waals surface area contributed by atoms with E-state index < -0.39 is 0 Å². The smallest absolute Gasteiger partial charge is 0.307 e. The first-order chi connectivity index (χ1) is 13.0. The summed E-state index contributed by atoms with van der Waals surface area (Å²) in [7, 11) is 1.58. The fraction of sp³-hybridized carbons (Fsp3) is 0.333. The normalized spacial score (nSPS) is 10.3. The average molecular weight is 388 g/mol. The van der Waals surface area contributed by atoms with Crippen molar-refractivity contribution in [2.75, 3.05) is 19.5 Å². The Balaban J connectivity index is 1.65. The molecule has 0 radical (unpaired) electrons. The van der Waals surface area contributed by atoms with Crippen LogP contribution in [0.1, 0.15) is 23.1 Å². The lowest BCUT2D eigenvalue weighted by Gasteiger charge is -2.10. The number of rotatable bonds is 9. The fourth-order valence-electron chi connectivity index (χ4n) is 2.37. The summed E-state index contributed by atoms with van der Waals surface area (Å²) in [5.74, 6) is 0.609. The second-order valence-corrected chi connectivity index (χ2v) is 7.26. The van der Waals surface area contributed by atoms with Crippen LogP contribution in [0.5, 0.6) is 5.75 Å². The molecule has 0 unspecified atom stereocenters. The van der Waals surface area contributed by atoms with Gasteiger partial charge < -0.3 is 14.8 Å². The zero-order valence-corrected chi connectivity index (χ0v) is 16.7. The number of carbonyl (C=O) groups excluding carboxylic acids is 2. The van der Waals surface area contributed by atoms with Crippen molar-refractivity contribution < 1.29 is 19.1 Å². The maximum atomic E-state index is 11.9. The quantitative estimate of drug-likeness (QED) is 0.526. The maximum absolute atomic E-state index is 11.9. The minimum atomic E-state index is -0.376. The number of methoxy groups -OCH3 is 1. The van der Waals surface area contributed by atoms with Gasteiger partial charge >= 0.3 is 5.97 Å². The predicted molar refractivity (Wildman–Crippen MR) is 107 cm³/mol. The monoisotopic (exact) mass is 387 g/mol. The zero-order valence-electron chi connectivity index (χ0n) is 15.9. The van der Waals surface area contributed by atoms with Gasteiger partial charge in [-0.2, -0.15) is 0 Å². The van der Waals surface area contributed by atoms with Gasteiger partial charge in [0.1, 0.15) is 5.75 Å². The summed E-state index contributed by atoms with van der Waals surface area (Å²) < 4.78 is 10.3. The van der Waals surface area contributed by atoms with Gasteiger partial charge in [-0.15, -0.1) is 11.8 Å². The Morgan fingerprint density at radius 1 is 1.07 bits per heavy atom. The van der Waals surface area contributed by atoms with Crippen molar-refractivity contribution in [3.05, 3.63) is 59.2 Å². The van der Waals surface area contributed by atoms with Crippen LogP contribution in [0.15, 0.2) is 47.4 Å². The highest BCUT2D eigenvalue weighted by Crippen LogP contribution is 2.21. The van der Waals surface area contributed by atoms with Gasteiger partial charge in [0.05, 0.1) is 13.5 Å². The molecule has 1 N–H and O–H groups in total. The van der Waals surface area contributed by atoms with E-state index in [0.717, 1.165) is 10.5 Å². The van der Waals surface area contributed by atoms with Crippen LogP contribution < -0.4 is 10.1 Å². The van der Waals surface area contributed by atoms with Gasteiger partial charge in [0, 0.05) is 22.8 Å². The largest absolute Gasteiger partial charge is 0.496 e. The van der Waals surface area contributed by atoms with E-state index in [-0.39, 0.29) is 24.9 Å². The van der Waals surface area contributed by atoms with Crippen molar-refractivity contribution in [2.45, 2.75) is 31.7 Å². The van der Waals surface area contributed by atoms with E-state index >= 15 is 0 Å². The highest BCUT2D eigenvalue weighted by atomic mass is 32.2. The van der Waals surface area contributed by atoms with Crippen molar-refractivity contribution in [3.63, 3.8) is 0 Å². The molecule has 0 aliphatic carbocycles. The molecule has 2 aromatic carbocycles. The van der Waals surface area contributed by atoms with E-state index in [9.17, 15) is 9.59 Å². The molecule has 0 saturated carbocycles. The molecule has 6 heteroatoms. The van der Waals surface area contributed by atoms with E-state index in [2.05, 4.69) is 31.3 Å². The summed E-state index contributed by atoms with van der Waals surface area (Å²) in [5, 5.41) is 2.72. The molecule has 0 atom stereocenters. The van der Waals surface area contributed by atoms with Gasteiger partial charge in [-0.3, -0.25) is 9.59 Å². The molecule has 144 valence electrons. The highest BCUT2D eigenvalue weighted by molar-refractivity contribution is 7.99. The van der Waals surface area contributed by atoms with Gasteiger partial charge in [-0.05, 0) is 43.2 Å². The Morgan fingerprint density at radius 3 is 2.59 bits per heavy atom. The van der Waals surface area contributed by atoms with E-state index in [4.69, 9.17) is 9.47 Å². The van der Waals surface area contributed by atoms with Gasteiger partial charge in [0.15, 0.2) is 6.61 Å². The molecule has 27 heavy (non-hydrogen) atoms. The topological polar surface area (TPSA) is 64.6 Å². The third-order valence-electron chi connectivity index (χ3n) is 4.09. The van der Waals surface area contributed by atoms with Crippen molar-refractivity contribution in [3.8, 4) is 5.75 Å². The summed E-state index contributed by atoms with van der Waals surface area (Å²) in [5.41, 5.74) is 3.34. The maximum Gasteiger partial charge on any atom is 0.307 e. The summed E-state index contributed by atoms with van der Waals surface area (Å²) in [6, 6.07) is 13.7. The van der Waals surface area contributed by atoms with Crippen molar-refractivity contribution in [2.24, 2.45) is 0 Å².